The first-order chi connectivity index (χ1) is 15.9. The minimum Gasteiger partial charge on any atom is -0.506 e. The number of rotatable bonds is 4. The summed E-state index contributed by atoms with van der Waals surface area (Å²) in [5.41, 5.74) is -0.263. The fourth-order valence-electron chi connectivity index (χ4n) is 3.38. The van der Waals surface area contributed by atoms with Crippen molar-refractivity contribution in [2.24, 2.45) is 0 Å². The van der Waals surface area contributed by atoms with Crippen LogP contribution in [0.2, 0.25) is 0 Å². The van der Waals surface area contributed by atoms with Crippen LogP contribution in [0.4, 0.5) is 32.0 Å². The third-order valence-corrected chi connectivity index (χ3v) is 4.92. The molecule has 0 radical (unpaired) electrons. The number of amides is 1. The number of aromatic nitrogens is 1. The highest BCUT2D eigenvalue weighted by atomic mass is 19.4. The van der Waals surface area contributed by atoms with Crippen molar-refractivity contribution in [3.63, 3.8) is 0 Å². The van der Waals surface area contributed by atoms with E-state index in [1.807, 2.05) is 0 Å². The highest BCUT2D eigenvalue weighted by Gasteiger charge is 2.57. The molecule has 1 aromatic heterocycles. The van der Waals surface area contributed by atoms with Crippen molar-refractivity contribution in [3.8, 4) is 17.2 Å². The number of carbonyl (C=O) groups is 1. The summed E-state index contributed by atoms with van der Waals surface area (Å²) >= 11 is 0. The molecule has 0 fully saturated rings. The number of hydrogen-bond acceptors (Lipinski definition) is 4. The van der Waals surface area contributed by atoms with Crippen molar-refractivity contribution < 1.29 is 40.7 Å². The van der Waals surface area contributed by atoms with Gasteiger partial charge in [-0.25, -0.2) is 4.98 Å². The summed E-state index contributed by atoms with van der Waals surface area (Å²) in [6, 6.07) is 14.4. The summed E-state index contributed by atoms with van der Waals surface area (Å²) < 4.78 is 84.0. The van der Waals surface area contributed by atoms with Crippen LogP contribution in [0.1, 0.15) is 21.8 Å². The van der Waals surface area contributed by atoms with E-state index in [0.29, 0.717) is 34.9 Å². The standard InChI is InChI=1S/C23H14F6N2O3/c24-22(25,26)19(23(27,28)29)12-8-9-17(32)16(11-12)30-20(33)13-4-3-5-14(10-13)21-31-15-6-1-2-7-18(15)34-21/h1-11,19,32H,(H,30,33). The Morgan fingerprint density at radius 2 is 1.62 bits per heavy atom. The van der Waals surface area contributed by atoms with Gasteiger partial charge in [-0.3, -0.25) is 4.79 Å². The van der Waals surface area contributed by atoms with Gasteiger partial charge in [0.1, 0.15) is 11.3 Å². The summed E-state index contributed by atoms with van der Waals surface area (Å²) in [6.45, 7) is 0. The van der Waals surface area contributed by atoms with Crippen molar-refractivity contribution in [2.45, 2.75) is 18.3 Å². The summed E-state index contributed by atoms with van der Waals surface area (Å²) in [5, 5.41) is 12.1. The molecule has 4 aromatic rings. The zero-order valence-corrected chi connectivity index (χ0v) is 16.9. The van der Waals surface area contributed by atoms with Gasteiger partial charge in [-0.15, -0.1) is 0 Å². The molecular formula is C23H14F6N2O3. The van der Waals surface area contributed by atoms with Gasteiger partial charge in [-0.05, 0) is 48.0 Å². The minimum absolute atomic E-state index is 0.00718. The number of carbonyl (C=O) groups excluding carboxylic acids is 1. The number of fused-ring (bicyclic) bond motifs is 1. The summed E-state index contributed by atoms with van der Waals surface area (Å²) in [7, 11) is 0. The maximum Gasteiger partial charge on any atom is 0.404 e. The molecule has 0 bridgehead atoms. The highest BCUT2D eigenvalue weighted by Crippen LogP contribution is 2.47. The number of aromatic hydroxyl groups is 1. The molecule has 0 saturated heterocycles. The average molecular weight is 480 g/mol. The molecule has 34 heavy (non-hydrogen) atoms. The first-order valence-electron chi connectivity index (χ1n) is 9.67. The molecule has 0 aliphatic heterocycles. The van der Waals surface area contributed by atoms with Gasteiger partial charge in [0.25, 0.3) is 5.91 Å². The minimum atomic E-state index is -5.62. The van der Waals surface area contributed by atoms with E-state index in [1.165, 1.54) is 18.2 Å². The lowest BCUT2D eigenvalue weighted by molar-refractivity contribution is -0.253. The zero-order chi connectivity index (χ0) is 24.7. The van der Waals surface area contributed by atoms with E-state index in [1.54, 1.807) is 30.3 Å². The predicted molar refractivity (Wildman–Crippen MR) is 110 cm³/mol. The maximum absolute atomic E-state index is 13.1. The Bertz CT molecular complexity index is 1310. The van der Waals surface area contributed by atoms with Crippen LogP contribution in [0.5, 0.6) is 5.75 Å². The second-order valence-corrected chi connectivity index (χ2v) is 7.31. The average Bonchev–Trinajstić information content (AvgIpc) is 3.18. The second kappa shape index (κ2) is 8.40. The summed E-state index contributed by atoms with van der Waals surface area (Å²) in [4.78, 5) is 17.0. The van der Waals surface area contributed by atoms with E-state index in [4.69, 9.17) is 4.42 Å². The van der Waals surface area contributed by atoms with E-state index in [2.05, 4.69) is 10.3 Å². The normalized spacial score (nSPS) is 12.3. The van der Waals surface area contributed by atoms with Gasteiger partial charge >= 0.3 is 12.4 Å². The topological polar surface area (TPSA) is 75.4 Å². The molecule has 0 aliphatic carbocycles. The SMILES string of the molecule is O=C(Nc1cc(C(C(F)(F)F)C(F)(F)F)ccc1O)c1cccc(-c2nc3ccccc3o2)c1. The van der Waals surface area contributed by atoms with Crippen LogP contribution in [0.25, 0.3) is 22.6 Å². The van der Waals surface area contributed by atoms with E-state index < -0.39 is 41.2 Å². The van der Waals surface area contributed by atoms with E-state index in [-0.39, 0.29) is 11.5 Å². The number of nitrogens with zero attached hydrogens (tertiary/aromatic N) is 1. The fraction of sp³-hybridized carbons (Fsp3) is 0.130. The van der Waals surface area contributed by atoms with Crippen LogP contribution in [-0.4, -0.2) is 28.4 Å². The third kappa shape index (κ3) is 4.68. The number of hydrogen-bond donors (Lipinski definition) is 2. The number of nitrogens with one attached hydrogen (secondary N) is 1. The van der Waals surface area contributed by atoms with Crippen LogP contribution in [-0.2, 0) is 0 Å². The van der Waals surface area contributed by atoms with E-state index in [9.17, 15) is 36.2 Å². The first kappa shape index (κ1) is 23.1. The Morgan fingerprint density at radius 3 is 2.29 bits per heavy atom. The third-order valence-electron chi connectivity index (χ3n) is 4.92. The second-order valence-electron chi connectivity index (χ2n) is 7.31. The van der Waals surface area contributed by atoms with Crippen molar-refractivity contribution in [1.82, 2.24) is 4.98 Å². The Hall–Kier alpha value is -4.02. The highest BCUT2D eigenvalue weighted by molar-refractivity contribution is 6.05. The number of anilines is 1. The van der Waals surface area contributed by atoms with Crippen LogP contribution in [0.15, 0.2) is 71.1 Å². The van der Waals surface area contributed by atoms with Crippen LogP contribution in [0, 0.1) is 0 Å². The van der Waals surface area contributed by atoms with Crippen LogP contribution in [0.3, 0.4) is 0 Å². The molecule has 4 rings (SSSR count). The number of alkyl halides is 6. The number of oxazole rings is 1. The Balaban J connectivity index is 1.63. The Morgan fingerprint density at radius 1 is 0.912 bits per heavy atom. The molecule has 176 valence electrons. The zero-order valence-electron chi connectivity index (χ0n) is 16.9. The van der Waals surface area contributed by atoms with Gasteiger partial charge in [-0.2, -0.15) is 26.3 Å². The van der Waals surface area contributed by atoms with E-state index in [0.717, 1.165) is 0 Å². The molecule has 2 N–H and O–H groups in total. The molecule has 0 atom stereocenters. The van der Waals surface area contributed by atoms with Crippen molar-refractivity contribution in [3.05, 3.63) is 77.9 Å². The first-order valence-corrected chi connectivity index (χ1v) is 9.67. The van der Waals surface area contributed by atoms with Gasteiger partial charge in [0.2, 0.25) is 5.89 Å². The maximum atomic E-state index is 13.1. The summed E-state index contributed by atoms with van der Waals surface area (Å²) in [6.07, 6.45) is -11.2. The lowest BCUT2D eigenvalue weighted by Gasteiger charge is -2.24. The van der Waals surface area contributed by atoms with Crippen molar-refractivity contribution >= 4 is 22.7 Å². The molecule has 0 spiro atoms. The van der Waals surface area contributed by atoms with Gasteiger partial charge in [0.05, 0.1) is 5.69 Å². The van der Waals surface area contributed by atoms with E-state index >= 15 is 0 Å². The smallest absolute Gasteiger partial charge is 0.404 e. The molecule has 0 saturated carbocycles. The number of benzene rings is 3. The van der Waals surface area contributed by atoms with Crippen LogP contribution < -0.4 is 5.32 Å². The molecule has 0 unspecified atom stereocenters. The Labute approximate surface area is 187 Å². The number of phenolic OH excluding ortho intramolecular Hbond substituents is 1. The van der Waals surface area contributed by atoms with Gasteiger partial charge < -0.3 is 14.8 Å². The predicted octanol–water partition coefficient (Wildman–Crippen LogP) is 6.66. The van der Waals surface area contributed by atoms with Crippen LogP contribution >= 0.6 is 0 Å². The molecule has 1 heterocycles. The molecule has 0 aliphatic rings. The van der Waals surface area contributed by atoms with Crippen molar-refractivity contribution in [1.29, 1.82) is 0 Å². The lowest BCUT2D eigenvalue weighted by atomic mass is 9.97. The molecular weight excluding hydrogens is 466 g/mol. The van der Waals surface area contributed by atoms with Gasteiger partial charge in [0, 0.05) is 11.1 Å². The number of para-hydroxylation sites is 2. The number of halogens is 6. The molecule has 3 aromatic carbocycles. The van der Waals surface area contributed by atoms with Gasteiger partial charge in [0.15, 0.2) is 11.5 Å². The van der Waals surface area contributed by atoms with Crippen molar-refractivity contribution in [2.75, 3.05) is 5.32 Å². The molecule has 1 amide bonds. The Kier molecular flexibility index (Phi) is 5.72. The largest absolute Gasteiger partial charge is 0.506 e. The summed E-state index contributed by atoms with van der Waals surface area (Å²) in [5.74, 6) is -5.14. The quantitative estimate of drug-likeness (QED) is 0.253. The van der Waals surface area contributed by atoms with Gasteiger partial charge in [-0.1, -0.05) is 24.3 Å². The number of phenols is 1. The lowest BCUT2D eigenvalue weighted by Crippen LogP contribution is -2.34. The monoisotopic (exact) mass is 480 g/mol. The molecule has 11 heteroatoms. The fourth-order valence-corrected chi connectivity index (χ4v) is 3.38. The molecule has 5 nitrogen and oxygen atoms in total.